The van der Waals surface area contributed by atoms with Crippen LogP contribution < -0.4 is 10.6 Å². The zero-order chi connectivity index (χ0) is 17.7. The number of aliphatic imine (C=N–C) groups is 1. The minimum Gasteiger partial charge on any atom is -0.350 e. The molecule has 0 fully saturated rings. The van der Waals surface area contributed by atoms with E-state index >= 15 is 0 Å². The van der Waals surface area contributed by atoms with Crippen molar-refractivity contribution in [1.82, 2.24) is 15.6 Å². The van der Waals surface area contributed by atoms with Crippen LogP contribution in [-0.4, -0.2) is 18.0 Å². The molecule has 1 aromatic carbocycles. The molecule has 0 saturated heterocycles. The highest BCUT2D eigenvalue weighted by Crippen LogP contribution is 2.23. The largest absolute Gasteiger partial charge is 0.350 e. The molecule has 0 aliphatic carbocycles. The van der Waals surface area contributed by atoms with Gasteiger partial charge in [-0.15, -0.1) is 11.3 Å². The molecule has 0 aliphatic heterocycles. The summed E-state index contributed by atoms with van der Waals surface area (Å²) in [4.78, 5) is 9.04. The second-order valence-corrected chi connectivity index (χ2v) is 7.97. The van der Waals surface area contributed by atoms with Gasteiger partial charge in [0.2, 0.25) is 0 Å². The molecule has 1 heterocycles. The molecule has 1 atom stereocenters. The molecule has 0 amide bonds. The maximum Gasteiger partial charge on any atom is 0.191 e. The fourth-order valence-electron chi connectivity index (χ4n) is 2.45. The van der Waals surface area contributed by atoms with E-state index < -0.39 is 0 Å². The molecular formula is C19H28N4S. The summed E-state index contributed by atoms with van der Waals surface area (Å²) in [6.45, 7) is 11.5. The van der Waals surface area contributed by atoms with Crippen molar-refractivity contribution in [2.75, 3.05) is 7.05 Å². The summed E-state index contributed by atoms with van der Waals surface area (Å²) in [5.41, 5.74) is 3.79. The van der Waals surface area contributed by atoms with Gasteiger partial charge in [0.1, 0.15) is 5.01 Å². The first kappa shape index (κ1) is 18.5. The van der Waals surface area contributed by atoms with Crippen molar-refractivity contribution < 1.29 is 0 Å². The molecule has 4 nitrogen and oxygen atoms in total. The van der Waals surface area contributed by atoms with Gasteiger partial charge >= 0.3 is 0 Å². The highest BCUT2D eigenvalue weighted by molar-refractivity contribution is 7.09. The predicted molar refractivity (Wildman–Crippen MR) is 104 cm³/mol. The Morgan fingerprint density at radius 2 is 2.00 bits per heavy atom. The van der Waals surface area contributed by atoms with Crippen LogP contribution in [0, 0.1) is 6.92 Å². The molecule has 2 rings (SSSR count). The standard InChI is InChI=1S/C19H28N4S/c1-13-9-7-8-10-15(13)14(2)22-18(20-6)21-11-17-23-16(12-24-17)19(3,4)5/h7-10,12,14H,11H2,1-6H3,(H2,20,21,22). The van der Waals surface area contributed by atoms with E-state index in [9.17, 15) is 0 Å². The lowest BCUT2D eigenvalue weighted by molar-refractivity contribution is 0.570. The summed E-state index contributed by atoms with van der Waals surface area (Å²) in [5.74, 6) is 0.790. The van der Waals surface area contributed by atoms with E-state index in [-0.39, 0.29) is 11.5 Å². The molecule has 24 heavy (non-hydrogen) atoms. The average Bonchev–Trinajstić information content (AvgIpc) is 3.00. The van der Waals surface area contributed by atoms with Crippen LogP contribution in [-0.2, 0) is 12.0 Å². The summed E-state index contributed by atoms with van der Waals surface area (Å²) in [6, 6.07) is 8.61. The van der Waals surface area contributed by atoms with Gasteiger partial charge in [0.25, 0.3) is 0 Å². The van der Waals surface area contributed by atoms with E-state index in [1.807, 2.05) is 0 Å². The maximum atomic E-state index is 4.71. The Morgan fingerprint density at radius 3 is 2.58 bits per heavy atom. The highest BCUT2D eigenvalue weighted by atomic mass is 32.1. The summed E-state index contributed by atoms with van der Waals surface area (Å²) in [6.07, 6.45) is 0. The van der Waals surface area contributed by atoms with Crippen LogP contribution in [0.4, 0.5) is 0 Å². The number of nitrogens with zero attached hydrogens (tertiary/aromatic N) is 2. The molecule has 2 aromatic rings. The first-order valence-electron chi connectivity index (χ1n) is 8.29. The lowest BCUT2D eigenvalue weighted by Gasteiger charge is -2.19. The van der Waals surface area contributed by atoms with Gasteiger partial charge in [-0.25, -0.2) is 4.98 Å². The number of aromatic nitrogens is 1. The van der Waals surface area contributed by atoms with Gasteiger partial charge in [-0.3, -0.25) is 4.99 Å². The van der Waals surface area contributed by atoms with Gasteiger partial charge in [-0.05, 0) is 25.0 Å². The molecule has 130 valence electrons. The lowest BCUT2D eigenvalue weighted by Crippen LogP contribution is -2.38. The molecule has 0 saturated carbocycles. The van der Waals surface area contributed by atoms with Crippen molar-refractivity contribution in [2.24, 2.45) is 4.99 Å². The Labute approximate surface area is 149 Å². The molecule has 1 aromatic heterocycles. The number of nitrogens with one attached hydrogen (secondary N) is 2. The normalized spacial score (nSPS) is 13.7. The average molecular weight is 345 g/mol. The summed E-state index contributed by atoms with van der Waals surface area (Å²) in [5, 5.41) is 10.0. The summed E-state index contributed by atoms with van der Waals surface area (Å²) in [7, 11) is 1.79. The topological polar surface area (TPSA) is 49.3 Å². The Kier molecular flexibility index (Phi) is 5.99. The number of hydrogen-bond acceptors (Lipinski definition) is 3. The van der Waals surface area contributed by atoms with Crippen LogP contribution in [0.15, 0.2) is 34.6 Å². The Morgan fingerprint density at radius 1 is 1.29 bits per heavy atom. The smallest absolute Gasteiger partial charge is 0.191 e. The van der Waals surface area contributed by atoms with Gasteiger partial charge in [0.15, 0.2) is 5.96 Å². The van der Waals surface area contributed by atoms with Crippen molar-refractivity contribution in [2.45, 2.75) is 52.6 Å². The Hall–Kier alpha value is -1.88. The monoisotopic (exact) mass is 344 g/mol. The fourth-order valence-corrected chi connectivity index (χ4v) is 3.41. The van der Waals surface area contributed by atoms with Gasteiger partial charge in [-0.2, -0.15) is 0 Å². The number of benzene rings is 1. The molecule has 5 heteroatoms. The number of aryl methyl sites for hydroxylation is 1. The number of guanidine groups is 1. The van der Waals surface area contributed by atoms with Gasteiger partial charge in [-0.1, -0.05) is 45.0 Å². The second kappa shape index (κ2) is 7.79. The quantitative estimate of drug-likeness (QED) is 0.646. The third kappa shape index (κ3) is 4.81. The van der Waals surface area contributed by atoms with E-state index in [1.54, 1.807) is 18.4 Å². The van der Waals surface area contributed by atoms with Gasteiger partial charge in [0.05, 0.1) is 18.3 Å². The number of thiazole rings is 1. The zero-order valence-electron chi connectivity index (χ0n) is 15.5. The first-order chi connectivity index (χ1) is 11.3. The van der Waals surface area contributed by atoms with E-state index in [2.05, 4.69) is 79.9 Å². The number of hydrogen-bond donors (Lipinski definition) is 2. The van der Waals surface area contributed by atoms with Crippen LogP contribution in [0.5, 0.6) is 0 Å². The SMILES string of the molecule is CN=C(NCc1nc(C(C)(C)C)cs1)NC(C)c1ccccc1C. The third-order valence-electron chi connectivity index (χ3n) is 3.96. The van der Waals surface area contributed by atoms with Crippen LogP contribution in [0.3, 0.4) is 0 Å². The highest BCUT2D eigenvalue weighted by Gasteiger charge is 2.17. The molecule has 0 spiro atoms. The van der Waals surface area contributed by atoms with E-state index in [4.69, 9.17) is 4.98 Å². The predicted octanol–water partition coefficient (Wildman–Crippen LogP) is 4.18. The van der Waals surface area contributed by atoms with Crippen LogP contribution in [0.1, 0.15) is 55.6 Å². The zero-order valence-corrected chi connectivity index (χ0v) is 16.3. The summed E-state index contributed by atoms with van der Waals surface area (Å²) >= 11 is 1.69. The Balaban J connectivity index is 1.96. The molecule has 0 bridgehead atoms. The van der Waals surface area contributed by atoms with E-state index in [1.165, 1.54) is 11.1 Å². The molecule has 0 radical (unpaired) electrons. The molecule has 0 aliphatic rings. The Bertz CT molecular complexity index is 697. The van der Waals surface area contributed by atoms with Crippen molar-refractivity contribution in [3.63, 3.8) is 0 Å². The maximum absolute atomic E-state index is 4.71. The van der Waals surface area contributed by atoms with Crippen molar-refractivity contribution in [3.05, 3.63) is 51.5 Å². The van der Waals surface area contributed by atoms with Crippen LogP contribution in [0.25, 0.3) is 0 Å². The van der Waals surface area contributed by atoms with Crippen molar-refractivity contribution in [1.29, 1.82) is 0 Å². The molecule has 1 unspecified atom stereocenters. The van der Waals surface area contributed by atoms with Crippen LogP contribution in [0.2, 0.25) is 0 Å². The van der Waals surface area contributed by atoms with Crippen LogP contribution >= 0.6 is 11.3 Å². The van der Waals surface area contributed by atoms with Gasteiger partial charge < -0.3 is 10.6 Å². The third-order valence-corrected chi connectivity index (χ3v) is 4.81. The molecule has 2 N–H and O–H groups in total. The van der Waals surface area contributed by atoms with E-state index in [0.717, 1.165) is 16.7 Å². The van der Waals surface area contributed by atoms with Crippen molar-refractivity contribution >= 4 is 17.3 Å². The summed E-state index contributed by atoms with van der Waals surface area (Å²) < 4.78 is 0. The first-order valence-corrected chi connectivity index (χ1v) is 9.17. The number of rotatable bonds is 4. The molecular weight excluding hydrogens is 316 g/mol. The second-order valence-electron chi connectivity index (χ2n) is 7.02. The lowest BCUT2D eigenvalue weighted by atomic mass is 9.93. The minimum absolute atomic E-state index is 0.0913. The van der Waals surface area contributed by atoms with Crippen molar-refractivity contribution in [3.8, 4) is 0 Å². The van der Waals surface area contributed by atoms with Gasteiger partial charge in [0, 0.05) is 17.8 Å². The van der Waals surface area contributed by atoms with E-state index in [0.29, 0.717) is 6.54 Å². The minimum atomic E-state index is 0.0913. The fraction of sp³-hybridized carbons (Fsp3) is 0.474.